The quantitative estimate of drug-likeness (QED) is 0.931. The molecule has 0 saturated carbocycles. The lowest BCUT2D eigenvalue weighted by atomic mass is 10.1. The fraction of sp³-hybridized carbons (Fsp3) is 0.500. The van der Waals surface area contributed by atoms with Crippen molar-refractivity contribution < 1.29 is 9.90 Å². The molecule has 1 fully saturated rings. The van der Waals surface area contributed by atoms with Gasteiger partial charge in [-0.05, 0) is 37.0 Å². The standard InChI is InChI=1S/C14H18BrNO2/c15-12-4-1-3-11(9-12)6-7-14(18)16-8-2-5-13(17)10-16/h1,3-4,9,13,17H,2,5-8,10H2. The second kappa shape index (κ2) is 6.34. The van der Waals surface area contributed by atoms with Crippen LogP contribution in [0, 0.1) is 0 Å². The summed E-state index contributed by atoms with van der Waals surface area (Å²) in [5, 5.41) is 9.55. The summed E-state index contributed by atoms with van der Waals surface area (Å²) >= 11 is 3.43. The molecule has 1 aliphatic heterocycles. The first-order chi connectivity index (χ1) is 8.65. The van der Waals surface area contributed by atoms with E-state index in [0.717, 1.165) is 35.8 Å². The number of aliphatic hydroxyl groups excluding tert-OH is 1. The Hall–Kier alpha value is -0.870. The Bertz CT molecular complexity index is 422. The Balaban J connectivity index is 1.84. The molecule has 0 radical (unpaired) electrons. The molecule has 0 aliphatic carbocycles. The predicted molar refractivity (Wildman–Crippen MR) is 74.3 cm³/mol. The summed E-state index contributed by atoms with van der Waals surface area (Å²) in [7, 11) is 0. The van der Waals surface area contributed by atoms with Crippen molar-refractivity contribution in [3.8, 4) is 0 Å². The van der Waals surface area contributed by atoms with Crippen molar-refractivity contribution in [1.29, 1.82) is 0 Å². The van der Waals surface area contributed by atoms with Crippen molar-refractivity contribution in [3.05, 3.63) is 34.3 Å². The molecule has 1 amide bonds. The van der Waals surface area contributed by atoms with Gasteiger partial charge in [-0.15, -0.1) is 0 Å². The minimum absolute atomic E-state index is 0.147. The van der Waals surface area contributed by atoms with E-state index in [1.165, 1.54) is 0 Å². The lowest BCUT2D eigenvalue weighted by molar-refractivity contribution is -0.134. The minimum Gasteiger partial charge on any atom is -0.391 e. The van der Waals surface area contributed by atoms with Crippen LogP contribution in [0.5, 0.6) is 0 Å². The molecule has 1 atom stereocenters. The van der Waals surface area contributed by atoms with Crippen molar-refractivity contribution in [2.24, 2.45) is 0 Å². The van der Waals surface area contributed by atoms with Crippen LogP contribution in [0.25, 0.3) is 0 Å². The predicted octanol–water partition coefficient (Wildman–Crippen LogP) is 2.37. The van der Waals surface area contributed by atoms with Gasteiger partial charge in [0.2, 0.25) is 5.91 Å². The maximum absolute atomic E-state index is 12.0. The third kappa shape index (κ3) is 3.82. The molecule has 98 valence electrons. The van der Waals surface area contributed by atoms with Gasteiger partial charge in [-0.1, -0.05) is 28.1 Å². The van der Waals surface area contributed by atoms with E-state index in [-0.39, 0.29) is 12.0 Å². The monoisotopic (exact) mass is 311 g/mol. The van der Waals surface area contributed by atoms with Gasteiger partial charge in [0, 0.05) is 24.0 Å². The molecule has 1 aromatic rings. The summed E-state index contributed by atoms with van der Waals surface area (Å²) in [6.07, 6.45) is 2.65. The number of benzene rings is 1. The van der Waals surface area contributed by atoms with Crippen LogP contribution in [0.15, 0.2) is 28.7 Å². The maximum atomic E-state index is 12.0. The first-order valence-corrected chi connectivity index (χ1v) is 7.15. The number of halogens is 1. The van der Waals surface area contributed by atoms with Crippen molar-refractivity contribution in [2.45, 2.75) is 31.8 Å². The van der Waals surface area contributed by atoms with E-state index in [0.29, 0.717) is 13.0 Å². The van der Waals surface area contributed by atoms with E-state index in [1.807, 2.05) is 24.3 Å². The summed E-state index contributed by atoms with van der Waals surface area (Å²) in [5.41, 5.74) is 1.16. The SMILES string of the molecule is O=C(CCc1cccc(Br)c1)N1CCCC(O)C1. The van der Waals surface area contributed by atoms with Crippen molar-refractivity contribution >= 4 is 21.8 Å². The number of hydrogen-bond acceptors (Lipinski definition) is 2. The number of rotatable bonds is 3. The number of β-amino-alcohol motifs (C(OH)–C–C–N with tert-alkyl or cyclic N) is 1. The number of likely N-dealkylation sites (tertiary alicyclic amines) is 1. The molecule has 1 unspecified atom stereocenters. The van der Waals surface area contributed by atoms with E-state index in [9.17, 15) is 9.90 Å². The average molecular weight is 312 g/mol. The van der Waals surface area contributed by atoms with Gasteiger partial charge in [0.25, 0.3) is 0 Å². The lowest BCUT2D eigenvalue weighted by Crippen LogP contribution is -2.42. The van der Waals surface area contributed by atoms with Gasteiger partial charge in [-0.3, -0.25) is 4.79 Å². The highest BCUT2D eigenvalue weighted by Gasteiger charge is 2.21. The number of aryl methyl sites for hydroxylation is 1. The third-order valence-electron chi connectivity index (χ3n) is 3.27. The molecule has 1 N–H and O–H groups in total. The van der Waals surface area contributed by atoms with Crippen molar-refractivity contribution in [1.82, 2.24) is 4.90 Å². The van der Waals surface area contributed by atoms with E-state index >= 15 is 0 Å². The number of piperidine rings is 1. The molecule has 2 rings (SSSR count). The Morgan fingerprint density at radius 1 is 1.50 bits per heavy atom. The van der Waals surface area contributed by atoms with E-state index in [2.05, 4.69) is 15.9 Å². The molecular formula is C14H18BrNO2. The summed E-state index contributed by atoms with van der Waals surface area (Å²) < 4.78 is 1.04. The third-order valence-corrected chi connectivity index (χ3v) is 3.76. The van der Waals surface area contributed by atoms with Crippen molar-refractivity contribution in [3.63, 3.8) is 0 Å². The molecular weight excluding hydrogens is 294 g/mol. The van der Waals surface area contributed by atoms with Crippen LogP contribution in [0.1, 0.15) is 24.8 Å². The van der Waals surface area contributed by atoms with Crippen LogP contribution < -0.4 is 0 Å². The van der Waals surface area contributed by atoms with E-state index in [4.69, 9.17) is 0 Å². The van der Waals surface area contributed by atoms with Gasteiger partial charge in [-0.25, -0.2) is 0 Å². The molecule has 3 nitrogen and oxygen atoms in total. The number of amides is 1. The zero-order valence-corrected chi connectivity index (χ0v) is 11.9. The van der Waals surface area contributed by atoms with Gasteiger partial charge in [0.1, 0.15) is 0 Å². The summed E-state index contributed by atoms with van der Waals surface area (Å²) in [5.74, 6) is 0.147. The number of aliphatic hydroxyl groups is 1. The summed E-state index contributed by atoms with van der Waals surface area (Å²) in [4.78, 5) is 13.8. The van der Waals surface area contributed by atoms with Crippen LogP contribution >= 0.6 is 15.9 Å². The molecule has 0 bridgehead atoms. The fourth-order valence-electron chi connectivity index (χ4n) is 2.28. The molecule has 0 aromatic heterocycles. The highest BCUT2D eigenvalue weighted by Crippen LogP contribution is 2.15. The summed E-state index contributed by atoms with van der Waals surface area (Å²) in [6.45, 7) is 1.28. The molecule has 1 heterocycles. The number of carbonyl (C=O) groups is 1. The fourth-order valence-corrected chi connectivity index (χ4v) is 2.73. The second-order valence-electron chi connectivity index (χ2n) is 4.77. The smallest absolute Gasteiger partial charge is 0.222 e. The Labute approximate surface area is 116 Å². The lowest BCUT2D eigenvalue weighted by Gasteiger charge is -2.30. The van der Waals surface area contributed by atoms with Gasteiger partial charge in [-0.2, -0.15) is 0 Å². The molecule has 4 heteroatoms. The van der Waals surface area contributed by atoms with Crippen LogP contribution in [0.2, 0.25) is 0 Å². The number of nitrogens with zero attached hydrogens (tertiary/aromatic N) is 1. The van der Waals surface area contributed by atoms with E-state index < -0.39 is 0 Å². The molecule has 1 aliphatic rings. The first-order valence-electron chi connectivity index (χ1n) is 6.35. The van der Waals surface area contributed by atoms with Crippen LogP contribution in [-0.4, -0.2) is 35.1 Å². The largest absolute Gasteiger partial charge is 0.391 e. The minimum atomic E-state index is -0.339. The number of carbonyl (C=O) groups excluding carboxylic acids is 1. The van der Waals surface area contributed by atoms with Gasteiger partial charge < -0.3 is 10.0 Å². The molecule has 1 aromatic carbocycles. The molecule has 18 heavy (non-hydrogen) atoms. The Kier molecular flexibility index (Phi) is 4.78. The van der Waals surface area contributed by atoms with Gasteiger partial charge in [0.05, 0.1) is 6.10 Å². The Morgan fingerprint density at radius 3 is 3.06 bits per heavy atom. The highest BCUT2D eigenvalue weighted by molar-refractivity contribution is 9.10. The van der Waals surface area contributed by atoms with Crippen LogP contribution in [0.3, 0.4) is 0 Å². The average Bonchev–Trinajstić information content (AvgIpc) is 2.36. The van der Waals surface area contributed by atoms with E-state index in [1.54, 1.807) is 4.90 Å². The Morgan fingerprint density at radius 2 is 2.33 bits per heavy atom. The van der Waals surface area contributed by atoms with Crippen LogP contribution in [-0.2, 0) is 11.2 Å². The zero-order valence-electron chi connectivity index (χ0n) is 10.3. The maximum Gasteiger partial charge on any atom is 0.222 e. The summed E-state index contributed by atoms with van der Waals surface area (Å²) in [6, 6.07) is 8.03. The second-order valence-corrected chi connectivity index (χ2v) is 5.68. The highest BCUT2D eigenvalue weighted by atomic mass is 79.9. The zero-order chi connectivity index (χ0) is 13.0. The van der Waals surface area contributed by atoms with Gasteiger partial charge >= 0.3 is 0 Å². The number of hydrogen-bond donors (Lipinski definition) is 1. The van der Waals surface area contributed by atoms with Crippen molar-refractivity contribution in [2.75, 3.05) is 13.1 Å². The molecule has 0 spiro atoms. The first kappa shape index (κ1) is 13.6. The molecule has 1 saturated heterocycles. The normalized spacial score (nSPS) is 19.9. The van der Waals surface area contributed by atoms with Gasteiger partial charge in [0.15, 0.2) is 0 Å². The topological polar surface area (TPSA) is 40.5 Å². The van der Waals surface area contributed by atoms with Crippen LogP contribution in [0.4, 0.5) is 0 Å².